The van der Waals surface area contributed by atoms with Crippen LogP contribution in [0.5, 0.6) is 17.2 Å². The summed E-state index contributed by atoms with van der Waals surface area (Å²) in [5.41, 5.74) is 9.65. The molecule has 2 aromatic rings. The fourth-order valence-electron chi connectivity index (χ4n) is 3.17. The minimum Gasteiger partial charge on any atom is -0.494 e. The third kappa shape index (κ3) is 4.67. The maximum Gasteiger partial charge on any atom is 0.163 e. The van der Waals surface area contributed by atoms with Gasteiger partial charge in [0.25, 0.3) is 0 Å². The number of hydrogen-bond donors (Lipinski definition) is 1. The van der Waals surface area contributed by atoms with E-state index in [4.69, 9.17) is 19.9 Å². The van der Waals surface area contributed by atoms with Crippen LogP contribution in [-0.4, -0.2) is 26.9 Å². The van der Waals surface area contributed by atoms with Gasteiger partial charge in [0.2, 0.25) is 0 Å². The lowest BCUT2D eigenvalue weighted by molar-refractivity contribution is 0.309. The molecule has 2 aromatic carbocycles. The Balaban J connectivity index is 2.30. The molecular formula is C21H29NO3. The van der Waals surface area contributed by atoms with Gasteiger partial charge in [-0.1, -0.05) is 18.2 Å². The standard InChI is InChI=1S/C21H29NO3/c1-5-24-18-10-11-19(15(3)12-18)17(14-22)13-16-8-7-9-20(25-6-2)21(16)23-4/h7-12,17H,5-6,13-14,22H2,1-4H3. The molecule has 0 radical (unpaired) electrons. The molecule has 25 heavy (non-hydrogen) atoms. The highest BCUT2D eigenvalue weighted by atomic mass is 16.5. The summed E-state index contributed by atoms with van der Waals surface area (Å²) in [6, 6.07) is 12.2. The van der Waals surface area contributed by atoms with Crippen LogP contribution < -0.4 is 19.9 Å². The summed E-state index contributed by atoms with van der Waals surface area (Å²) in [5.74, 6) is 2.69. The first-order valence-electron chi connectivity index (χ1n) is 8.86. The van der Waals surface area contributed by atoms with E-state index in [-0.39, 0.29) is 5.92 Å². The number of hydrogen-bond acceptors (Lipinski definition) is 4. The first kappa shape index (κ1) is 19.1. The molecule has 0 fully saturated rings. The van der Waals surface area contributed by atoms with E-state index >= 15 is 0 Å². The lowest BCUT2D eigenvalue weighted by atomic mass is 9.88. The summed E-state index contributed by atoms with van der Waals surface area (Å²) in [7, 11) is 1.68. The molecule has 0 amide bonds. The van der Waals surface area contributed by atoms with Crippen LogP contribution >= 0.6 is 0 Å². The quantitative estimate of drug-likeness (QED) is 0.745. The van der Waals surface area contributed by atoms with Crippen molar-refractivity contribution in [2.75, 3.05) is 26.9 Å². The molecule has 0 saturated heterocycles. The predicted octanol–water partition coefficient (Wildman–Crippen LogP) is 4.09. The molecule has 2 N–H and O–H groups in total. The lowest BCUT2D eigenvalue weighted by Crippen LogP contribution is -2.16. The fraction of sp³-hybridized carbons (Fsp3) is 0.429. The third-order valence-corrected chi connectivity index (χ3v) is 4.31. The Kier molecular flexibility index (Phi) is 7.14. The molecule has 2 rings (SSSR count). The lowest BCUT2D eigenvalue weighted by Gasteiger charge is -2.21. The number of para-hydroxylation sites is 1. The number of rotatable bonds is 9. The monoisotopic (exact) mass is 343 g/mol. The Morgan fingerprint density at radius 3 is 2.40 bits per heavy atom. The van der Waals surface area contributed by atoms with Gasteiger partial charge >= 0.3 is 0 Å². The molecule has 136 valence electrons. The second-order valence-corrected chi connectivity index (χ2v) is 5.97. The average molecular weight is 343 g/mol. The Bertz CT molecular complexity index is 685. The Morgan fingerprint density at radius 2 is 1.80 bits per heavy atom. The molecular weight excluding hydrogens is 314 g/mol. The summed E-state index contributed by atoms with van der Waals surface area (Å²) >= 11 is 0. The molecule has 0 aliphatic rings. The second-order valence-electron chi connectivity index (χ2n) is 5.97. The maximum absolute atomic E-state index is 6.10. The topological polar surface area (TPSA) is 53.7 Å². The van der Waals surface area contributed by atoms with Gasteiger partial charge in [-0.05, 0) is 68.6 Å². The van der Waals surface area contributed by atoms with Gasteiger partial charge in [0.05, 0.1) is 20.3 Å². The number of benzene rings is 2. The molecule has 0 saturated carbocycles. The smallest absolute Gasteiger partial charge is 0.163 e. The number of ether oxygens (including phenoxy) is 3. The van der Waals surface area contributed by atoms with Crippen LogP contribution in [0.15, 0.2) is 36.4 Å². The zero-order valence-electron chi connectivity index (χ0n) is 15.7. The highest BCUT2D eigenvalue weighted by molar-refractivity contribution is 5.48. The predicted molar refractivity (Wildman–Crippen MR) is 102 cm³/mol. The summed E-state index contributed by atoms with van der Waals surface area (Å²) in [4.78, 5) is 0. The van der Waals surface area contributed by atoms with Crippen molar-refractivity contribution in [3.05, 3.63) is 53.1 Å². The van der Waals surface area contributed by atoms with Gasteiger partial charge in [-0.15, -0.1) is 0 Å². The van der Waals surface area contributed by atoms with Crippen LogP contribution in [0.2, 0.25) is 0 Å². The Hall–Kier alpha value is -2.20. The zero-order chi connectivity index (χ0) is 18.2. The van der Waals surface area contributed by atoms with Crippen molar-refractivity contribution in [3.63, 3.8) is 0 Å². The molecule has 4 nitrogen and oxygen atoms in total. The number of aryl methyl sites for hydroxylation is 1. The van der Waals surface area contributed by atoms with Gasteiger partial charge < -0.3 is 19.9 Å². The highest BCUT2D eigenvalue weighted by Gasteiger charge is 2.18. The van der Waals surface area contributed by atoms with Gasteiger partial charge in [0.15, 0.2) is 11.5 Å². The minimum absolute atomic E-state index is 0.210. The van der Waals surface area contributed by atoms with E-state index in [1.54, 1.807) is 7.11 Å². The van der Waals surface area contributed by atoms with Gasteiger partial charge in [-0.2, -0.15) is 0 Å². The van der Waals surface area contributed by atoms with Crippen molar-refractivity contribution in [2.45, 2.75) is 33.1 Å². The fourth-order valence-corrected chi connectivity index (χ4v) is 3.17. The van der Waals surface area contributed by atoms with Gasteiger partial charge in [-0.25, -0.2) is 0 Å². The molecule has 0 aromatic heterocycles. The van der Waals surface area contributed by atoms with E-state index in [2.05, 4.69) is 25.1 Å². The van der Waals surface area contributed by atoms with Crippen LogP contribution in [0, 0.1) is 6.92 Å². The van der Waals surface area contributed by atoms with Crippen molar-refractivity contribution < 1.29 is 14.2 Å². The Morgan fingerprint density at radius 1 is 1.04 bits per heavy atom. The molecule has 1 atom stereocenters. The van der Waals surface area contributed by atoms with Crippen molar-refractivity contribution >= 4 is 0 Å². The van der Waals surface area contributed by atoms with E-state index in [0.717, 1.165) is 29.2 Å². The first-order chi connectivity index (χ1) is 12.1. The third-order valence-electron chi connectivity index (χ3n) is 4.31. The molecule has 0 heterocycles. The van der Waals surface area contributed by atoms with Crippen molar-refractivity contribution in [2.24, 2.45) is 5.73 Å². The summed E-state index contributed by atoms with van der Waals surface area (Å²) in [6.07, 6.45) is 0.801. The van der Waals surface area contributed by atoms with Gasteiger partial charge in [-0.3, -0.25) is 0 Å². The van der Waals surface area contributed by atoms with Crippen molar-refractivity contribution in [3.8, 4) is 17.2 Å². The SMILES string of the molecule is CCOc1ccc(C(CN)Cc2cccc(OCC)c2OC)c(C)c1. The molecule has 4 heteroatoms. The number of methoxy groups -OCH3 is 1. The molecule has 0 bridgehead atoms. The maximum atomic E-state index is 6.10. The van der Waals surface area contributed by atoms with Crippen LogP contribution in [0.3, 0.4) is 0 Å². The zero-order valence-corrected chi connectivity index (χ0v) is 15.7. The average Bonchev–Trinajstić information content (AvgIpc) is 2.61. The summed E-state index contributed by atoms with van der Waals surface area (Å²) in [6.45, 7) is 7.91. The van der Waals surface area contributed by atoms with Crippen LogP contribution in [0.1, 0.15) is 36.5 Å². The second kappa shape index (κ2) is 9.33. The van der Waals surface area contributed by atoms with Gasteiger partial charge in [0, 0.05) is 5.92 Å². The van der Waals surface area contributed by atoms with Gasteiger partial charge in [0.1, 0.15) is 5.75 Å². The summed E-state index contributed by atoms with van der Waals surface area (Å²) < 4.78 is 16.9. The molecule has 0 aliphatic heterocycles. The van der Waals surface area contributed by atoms with Crippen LogP contribution in [0.4, 0.5) is 0 Å². The van der Waals surface area contributed by atoms with E-state index in [0.29, 0.717) is 19.8 Å². The highest BCUT2D eigenvalue weighted by Crippen LogP contribution is 2.35. The molecule has 1 unspecified atom stereocenters. The van der Waals surface area contributed by atoms with E-state index in [1.807, 2.05) is 32.0 Å². The van der Waals surface area contributed by atoms with E-state index in [9.17, 15) is 0 Å². The molecule has 0 aliphatic carbocycles. The summed E-state index contributed by atoms with van der Waals surface area (Å²) in [5, 5.41) is 0. The van der Waals surface area contributed by atoms with E-state index in [1.165, 1.54) is 11.1 Å². The first-order valence-corrected chi connectivity index (χ1v) is 8.86. The molecule has 0 spiro atoms. The minimum atomic E-state index is 0.210. The van der Waals surface area contributed by atoms with E-state index < -0.39 is 0 Å². The number of nitrogens with two attached hydrogens (primary N) is 1. The normalized spacial score (nSPS) is 11.9. The Labute approximate surface area is 150 Å². The largest absolute Gasteiger partial charge is 0.494 e. The van der Waals surface area contributed by atoms with Crippen molar-refractivity contribution in [1.82, 2.24) is 0 Å². The van der Waals surface area contributed by atoms with Crippen molar-refractivity contribution in [1.29, 1.82) is 0 Å². The van der Waals surface area contributed by atoms with Crippen LogP contribution in [0.25, 0.3) is 0 Å². The van der Waals surface area contributed by atoms with Crippen LogP contribution in [-0.2, 0) is 6.42 Å².